The summed E-state index contributed by atoms with van der Waals surface area (Å²) in [5, 5.41) is 6.00. The van der Waals surface area contributed by atoms with E-state index in [2.05, 4.69) is 4.90 Å². The predicted molar refractivity (Wildman–Crippen MR) is 131 cm³/mol. The first-order valence-corrected chi connectivity index (χ1v) is 15.2. The zero-order chi connectivity index (χ0) is 24.7. The molecule has 34 heavy (non-hydrogen) atoms. The number of carbonyl (C=O) groups excluding carboxylic acids is 1. The van der Waals surface area contributed by atoms with Gasteiger partial charge in [-0.25, -0.2) is 25.9 Å². The van der Waals surface area contributed by atoms with Crippen LogP contribution in [0, 0.1) is 16.7 Å². The van der Waals surface area contributed by atoms with Crippen LogP contribution in [0.15, 0.2) is 24.4 Å². The number of primary sulfonamides is 1. The van der Waals surface area contributed by atoms with Gasteiger partial charge in [0.1, 0.15) is 5.78 Å². The summed E-state index contributed by atoms with van der Waals surface area (Å²) in [7, 11) is -5.54. The van der Waals surface area contributed by atoms with Gasteiger partial charge in [0.25, 0.3) is 0 Å². The maximum atomic E-state index is 13.9. The normalized spacial score (nSPS) is 29.5. The van der Waals surface area contributed by atoms with E-state index in [0.29, 0.717) is 23.9 Å². The van der Waals surface area contributed by atoms with Crippen LogP contribution in [0.2, 0.25) is 0 Å². The number of nitrogens with zero attached hydrogens (tertiary/aromatic N) is 2. The molecule has 1 aliphatic heterocycles. The molecule has 0 spiro atoms. The molecule has 2 saturated carbocycles. The van der Waals surface area contributed by atoms with E-state index in [1.54, 1.807) is 24.4 Å². The fourth-order valence-corrected chi connectivity index (χ4v) is 9.64. The Labute approximate surface area is 201 Å². The van der Waals surface area contributed by atoms with Gasteiger partial charge in [0.15, 0.2) is 0 Å². The van der Waals surface area contributed by atoms with Crippen molar-refractivity contribution in [3.63, 3.8) is 0 Å². The Balaban J connectivity index is 1.62. The standard InChI is InChI=1S/C24H33N3O5S2/c1-23(2)18-6-8-24(23,22(28)11-18)15-34(31,32)27-13-20(17-7-9-26(3)12-17)19-10-16(4-5-21(19)27)14-33(25,29)30/h4-5,10,13,17-18H,6-9,11-12,14-15H2,1-3H3,(H2,25,29,30). The maximum absolute atomic E-state index is 13.9. The second-order valence-corrected chi connectivity index (χ2v) is 14.7. The van der Waals surface area contributed by atoms with Gasteiger partial charge in [-0.2, -0.15) is 0 Å². The third-order valence-electron chi connectivity index (χ3n) is 8.93. The van der Waals surface area contributed by atoms with Crippen molar-refractivity contribution in [2.24, 2.45) is 21.9 Å². The average Bonchev–Trinajstić information content (AvgIpc) is 3.40. The lowest BCUT2D eigenvalue weighted by Gasteiger charge is -2.36. The van der Waals surface area contributed by atoms with Crippen molar-refractivity contribution in [2.45, 2.75) is 51.2 Å². The minimum atomic E-state index is -3.85. The number of likely N-dealkylation sites (N-methyl/N-ethyl adjacent to an activating group) is 1. The lowest BCUT2D eigenvalue weighted by atomic mass is 9.70. The molecule has 186 valence electrons. The van der Waals surface area contributed by atoms with Crippen LogP contribution in [0.4, 0.5) is 0 Å². The molecular weight excluding hydrogens is 474 g/mol. The minimum absolute atomic E-state index is 0.0712. The second kappa shape index (κ2) is 7.62. The van der Waals surface area contributed by atoms with Crippen molar-refractivity contribution in [3.8, 4) is 0 Å². The van der Waals surface area contributed by atoms with Crippen LogP contribution in [0.1, 0.15) is 56.6 Å². The van der Waals surface area contributed by atoms with Crippen molar-refractivity contribution in [1.82, 2.24) is 8.87 Å². The smallest absolute Gasteiger partial charge is 0.240 e. The van der Waals surface area contributed by atoms with E-state index < -0.39 is 25.5 Å². The van der Waals surface area contributed by atoms with Crippen molar-refractivity contribution in [3.05, 3.63) is 35.5 Å². The summed E-state index contributed by atoms with van der Waals surface area (Å²) in [6.07, 6.45) is 4.57. The molecule has 2 N–H and O–H groups in total. The monoisotopic (exact) mass is 507 g/mol. The average molecular weight is 508 g/mol. The minimum Gasteiger partial charge on any atom is -0.306 e. The molecule has 8 nitrogen and oxygen atoms in total. The molecule has 3 fully saturated rings. The molecule has 3 atom stereocenters. The summed E-state index contributed by atoms with van der Waals surface area (Å²) < 4.78 is 52.5. The molecule has 10 heteroatoms. The number of fused-ring (bicyclic) bond motifs is 3. The third-order valence-corrected chi connectivity index (χ3v) is 11.4. The molecule has 3 unspecified atom stereocenters. The second-order valence-electron chi connectivity index (χ2n) is 11.2. The summed E-state index contributed by atoms with van der Waals surface area (Å²) in [4.78, 5) is 15.2. The molecule has 2 heterocycles. The molecule has 1 aromatic carbocycles. The van der Waals surface area contributed by atoms with E-state index in [9.17, 15) is 21.6 Å². The first kappa shape index (κ1) is 24.0. The van der Waals surface area contributed by atoms with Crippen LogP contribution in [0.5, 0.6) is 0 Å². The van der Waals surface area contributed by atoms with Crippen molar-refractivity contribution >= 4 is 36.7 Å². The van der Waals surface area contributed by atoms with Crippen molar-refractivity contribution in [2.75, 3.05) is 25.9 Å². The molecule has 0 radical (unpaired) electrons. The highest BCUT2D eigenvalue weighted by Crippen LogP contribution is 2.64. The van der Waals surface area contributed by atoms with E-state index in [0.717, 1.165) is 36.9 Å². The molecule has 2 aromatic rings. The van der Waals surface area contributed by atoms with Crippen molar-refractivity contribution < 1.29 is 21.6 Å². The summed E-state index contributed by atoms with van der Waals surface area (Å²) in [6, 6.07) is 5.05. The number of hydrogen-bond donors (Lipinski definition) is 1. The van der Waals surface area contributed by atoms with Crippen LogP contribution in [0.25, 0.3) is 10.9 Å². The zero-order valence-corrected chi connectivity index (χ0v) is 21.6. The Morgan fingerprint density at radius 2 is 1.88 bits per heavy atom. The Kier molecular flexibility index (Phi) is 5.37. The molecule has 2 aliphatic carbocycles. The van der Waals surface area contributed by atoms with Gasteiger partial charge in [-0.05, 0) is 73.4 Å². The summed E-state index contributed by atoms with van der Waals surface area (Å²) >= 11 is 0. The molecule has 1 aromatic heterocycles. The van der Waals surface area contributed by atoms with Crippen LogP contribution < -0.4 is 5.14 Å². The lowest BCUT2D eigenvalue weighted by Crippen LogP contribution is -2.43. The van der Waals surface area contributed by atoms with E-state index in [4.69, 9.17) is 5.14 Å². The van der Waals surface area contributed by atoms with Crippen LogP contribution >= 0.6 is 0 Å². The topological polar surface area (TPSA) is 120 Å². The number of ketones is 1. The van der Waals surface area contributed by atoms with Crippen molar-refractivity contribution in [1.29, 1.82) is 0 Å². The number of Topliss-reactive ketones (excluding diaryl/α,β-unsaturated/α-hetero) is 1. The molecule has 3 aliphatic rings. The van der Waals surface area contributed by atoms with E-state index >= 15 is 0 Å². The van der Waals surface area contributed by atoms with Gasteiger partial charge in [0.05, 0.1) is 22.4 Å². The van der Waals surface area contributed by atoms with Crippen LogP contribution in [-0.2, 0) is 30.6 Å². The summed E-state index contributed by atoms with van der Waals surface area (Å²) in [5.74, 6) is -0.0521. The SMILES string of the molecule is CN1CCC(c2cn(S(=O)(=O)CC34CCC(CC3=O)C4(C)C)c3ccc(CS(N)(=O)=O)cc23)C1. The van der Waals surface area contributed by atoms with Gasteiger partial charge >= 0.3 is 0 Å². The van der Waals surface area contributed by atoms with Gasteiger partial charge < -0.3 is 4.90 Å². The summed E-state index contributed by atoms with van der Waals surface area (Å²) in [5.41, 5.74) is 0.755. The molecular formula is C24H33N3O5S2. The predicted octanol–water partition coefficient (Wildman–Crippen LogP) is 2.42. The molecule has 5 rings (SSSR count). The zero-order valence-electron chi connectivity index (χ0n) is 20.0. The molecule has 0 amide bonds. The van der Waals surface area contributed by atoms with Crippen LogP contribution in [0.3, 0.4) is 0 Å². The number of nitrogens with two attached hydrogens (primary N) is 1. The highest BCUT2D eigenvalue weighted by atomic mass is 32.2. The van der Waals surface area contributed by atoms with Gasteiger partial charge in [0.2, 0.25) is 20.0 Å². The quantitative estimate of drug-likeness (QED) is 0.641. The van der Waals surface area contributed by atoms with E-state index in [1.165, 1.54) is 3.97 Å². The Morgan fingerprint density at radius 1 is 1.15 bits per heavy atom. The highest BCUT2D eigenvalue weighted by Gasteiger charge is 2.65. The largest absolute Gasteiger partial charge is 0.306 e. The Bertz CT molecular complexity index is 1390. The van der Waals surface area contributed by atoms with E-state index in [1.807, 2.05) is 20.9 Å². The first-order chi connectivity index (χ1) is 15.7. The Morgan fingerprint density at radius 3 is 2.44 bits per heavy atom. The number of hydrogen-bond acceptors (Lipinski definition) is 6. The highest BCUT2D eigenvalue weighted by molar-refractivity contribution is 7.90. The molecule has 1 saturated heterocycles. The number of sulfonamides is 1. The van der Waals surface area contributed by atoms with Gasteiger partial charge in [-0.15, -0.1) is 0 Å². The fraction of sp³-hybridized carbons (Fsp3) is 0.625. The van der Waals surface area contributed by atoms with Crippen LogP contribution in [-0.4, -0.2) is 57.4 Å². The molecule has 2 bridgehead atoms. The maximum Gasteiger partial charge on any atom is 0.240 e. The number of likely N-dealkylation sites (tertiary alicyclic amines) is 1. The summed E-state index contributed by atoms with van der Waals surface area (Å²) in [6.45, 7) is 5.79. The van der Waals surface area contributed by atoms with Gasteiger partial charge in [-0.3, -0.25) is 4.79 Å². The lowest BCUT2D eigenvalue weighted by molar-refractivity contribution is -0.128. The number of aromatic nitrogens is 1. The number of rotatable bonds is 6. The third kappa shape index (κ3) is 3.65. The first-order valence-electron chi connectivity index (χ1n) is 11.8. The van der Waals surface area contributed by atoms with Gasteiger partial charge in [0, 0.05) is 24.5 Å². The number of carbonyl (C=O) groups is 1. The van der Waals surface area contributed by atoms with E-state index in [-0.39, 0.29) is 34.5 Å². The fourth-order valence-electron chi connectivity index (χ4n) is 6.83. The Hall–Kier alpha value is -1.75. The number of benzene rings is 1. The van der Waals surface area contributed by atoms with Gasteiger partial charge in [-0.1, -0.05) is 19.9 Å².